The van der Waals surface area contributed by atoms with Crippen LogP contribution in [0.25, 0.3) is 11.5 Å². The number of hydrogen-bond acceptors (Lipinski definition) is 4. The van der Waals surface area contributed by atoms with E-state index in [9.17, 15) is 0 Å². The number of rotatable bonds is 9. The van der Waals surface area contributed by atoms with Crippen molar-refractivity contribution in [1.29, 1.82) is 0 Å². The zero-order valence-electron chi connectivity index (χ0n) is 13.8. The average molecular weight is 302 g/mol. The lowest BCUT2D eigenvalue weighted by Gasteiger charge is -2.13. The summed E-state index contributed by atoms with van der Waals surface area (Å²) < 4.78 is 11.1. The number of hydrogen-bond donors (Lipinski definition) is 0. The topological polar surface area (TPSA) is 48.2 Å². The van der Waals surface area contributed by atoms with Crippen molar-refractivity contribution in [2.75, 3.05) is 6.61 Å². The molecule has 0 aliphatic rings. The third kappa shape index (κ3) is 5.51. The first-order valence-electron chi connectivity index (χ1n) is 8.14. The van der Waals surface area contributed by atoms with Gasteiger partial charge in [0, 0.05) is 5.56 Å². The summed E-state index contributed by atoms with van der Waals surface area (Å²) in [5.74, 6) is 2.88. The Morgan fingerprint density at radius 2 is 2.00 bits per heavy atom. The molecule has 0 bridgehead atoms. The van der Waals surface area contributed by atoms with Crippen LogP contribution in [0.15, 0.2) is 35.1 Å². The predicted octanol–water partition coefficient (Wildman–Crippen LogP) is 4.97. The van der Waals surface area contributed by atoms with Crippen molar-refractivity contribution in [3.05, 3.63) is 30.7 Å². The standard InChI is InChI=1S/C18H26N2O2/c1-14(2)6-4-7-15(3)10-11-21-17-9-5-8-16(12-17)18-20-19-13-22-18/h5,8-9,12-15H,4,6-7,10-11H2,1-3H3. The lowest BCUT2D eigenvalue weighted by atomic mass is 9.98. The minimum atomic E-state index is 0.521. The van der Waals surface area contributed by atoms with E-state index in [0.717, 1.165) is 30.3 Å². The first kappa shape index (κ1) is 16.5. The molecule has 1 aromatic heterocycles. The van der Waals surface area contributed by atoms with Crippen LogP contribution >= 0.6 is 0 Å². The van der Waals surface area contributed by atoms with Crippen LogP contribution < -0.4 is 4.74 Å². The monoisotopic (exact) mass is 302 g/mol. The quantitative estimate of drug-likeness (QED) is 0.656. The van der Waals surface area contributed by atoms with Crippen molar-refractivity contribution in [1.82, 2.24) is 10.2 Å². The van der Waals surface area contributed by atoms with Crippen LogP contribution in [0.2, 0.25) is 0 Å². The molecular weight excluding hydrogens is 276 g/mol. The summed E-state index contributed by atoms with van der Waals surface area (Å²) in [5.41, 5.74) is 0.889. The van der Waals surface area contributed by atoms with Crippen LogP contribution in [0.4, 0.5) is 0 Å². The van der Waals surface area contributed by atoms with Gasteiger partial charge >= 0.3 is 0 Å². The fraction of sp³-hybridized carbons (Fsp3) is 0.556. The van der Waals surface area contributed by atoms with E-state index in [1.165, 1.54) is 25.7 Å². The number of nitrogens with zero attached hydrogens (tertiary/aromatic N) is 2. The SMILES string of the molecule is CC(C)CCCC(C)CCOc1cccc(-c2nnco2)c1. The minimum Gasteiger partial charge on any atom is -0.494 e. The maximum atomic E-state index is 5.85. The van der Waals surface area contributed by atoms with Gasteiger partial charge in [-0.25, -0.2) is 0 Å². The fourth-order valence-corrected chi connectivity index (χ4v) is 2.41. The molecule has 0 radical (unpaired) electrons. The molecule has 2 aromatic rings. The van der Waals surface area contributed by atoms with Gasteiger partial charge in [0.05, 0.1) is 6.61 Å². The van der Waals surface area contributed by atoms with Crippen LogP contribution in [0, 0.1) is 11.8 Å². The largest absolute Gasteiger partial charge is 0.494 e. The van der Waals surface area contributed by atoms with Crippen molar-refractivity contribution < 1.29 is 9.15 Å². The highest BCUT2D eigenvalue weighted by Crippen LogP contribution is 2.22. The molecule has 0 aliphatic carbocycles. The van der Waals surface area contributed by atoms with Crippen molar-refractivity contribution in [2.24, 2.45) is 11.8 Å². The van der Waals surface area contributed by atoms with Gasteiger partial charge in [0.15, 0.2) is 0 Å². The van der Waals surface area contributed by atoms with E-state index >= 15 is 0 Å². The van der Waals surface area contributed by atoms with Crippen LogP contribution in [0.1, 0.15) is 46.5 Å². The third-order valence-corrected chi connectivity index (χ3v) is 3.80. The Kier molecular flexibility index (Phi) is 6.44. The molecule has 0 spiro atoms. The molecule has 1 atom stereocenters. The van der Waals surface area contributed by atoms with E-state index in [0.29, 0.717) is 11.8 Å². The summed E-state index contributed by atoms with van der Waals surface area (Å²) in [6.45, 7) is 7.61. The predicted molar refractivity (Wildman–Crippen MR) is 87.7 cm³/mol. The highest BCUT2D eigenvalue weighted by Gasteiger charge is 2.06. The van der Waals surface area contributed by atoms with Crippen LogP contribution in [-0.4, -0.2) is 16.8 Å². The Hall–Kier alpha value is -1.84. The van der Waals surface area contributed by atoms with E-state index in [1.54, 1.807) is 0 Å². The van der Waals surface area contributed by atoms with Crippen molar-refractivity contribution in [3.8, 4) is 17.2 Å². The Morgan fingerprint density at radius 1 is 1.14 bits per heavy atom. The van der Waals surface area contributed by atoms with E-state index in [-0.39, 0.29) is 0 Å². The number of benzene rings is 1. The molecule has 0 saturated carbocycles. The highest BCUT2D eigenvalue weighted by atomic mass is 16.5. The second-order valence-corrected chi connectivity index (χ2v) is 6.34. The third-order valence-electron chi connectivity index (χ3n) is 3.80. The summed E-state index contributed by atoms with van der Waals surface area (Å²) in [4.78, 5) is 0. The highest BCUT2D eigenvalue weighted by molar-refractivity contribution is 5.55. The molecule has 0 fully saturated rings. The zero-order chi connectivity index (χ0) is 15.8. The van der Waals surface area contributed by atoms with Gasteiger partial charge in [-0.15, -0.1) is 10.2 Å². The first-order chi connectivity index (χ1) is 10.6. The lowest BCUT2D eigenvalue weighted by molar-refractivity contribution is 0.276. The Labute approximate surface area is 132 Å². The van der Waals surface area contributed by atoms with Crippen LogP contribution in [0.3, 0.4) is 0 Å². The molecule has 22 heavy (non-hydrogen) atoms. The maximum Gasteiger partial charge on any atom is 0.247 e. The van der Waals surface area contributed by atoms with E-state index in [1.807, 2.05) is 24.3 Å². The summed E-state index contributed by atoms with van der Waals surface area (Å²) >= 11 is 0. The molecule has 0 aliphatic heterocycles. The van der Waals surface area contributed by atoms with Crippen molar-refractivity contribution in [2.45, 2.75) is 46.5 Å². The molecule has 4 nitrogen and oxygen atoms in total. The van der Waals surface area contributed by atoms with Gasteiger partial charge < -0.3 is 9.15 Å². The second kappa shape index (κ2) is 8.57. The Bertz CT molecular complexity index is 538. The first-order valence-corrected chi connectivity index (χ1v) is 8.14. The molecule has 120 valence electrons. The Morgan fingerprint density at radius 3 is 2.73 bits per heavy atom. The van der Waals surface area contributed by atoms with Gasteiger partial charge in [-0.3, -0.25) is 0 Å². The molecule has 0 saturated heterocycles. The van der Waals surface area contributed by atoms with Crippen LogP contribution in [-0.2, 0) is 0 Å². The smallest absolute Gasteiger partial charge is 0.247 e. The number of aromatic nitrogens is 2. The van der Waals surface area contributed by atoms with Gasteiger partial charge in [-0.1, -0.05) is 46.1 Å². The zero-order valence-corrected chi connectivity index (χ0v) is 13.8. The summed E-state index contributed by atoms with van der Waals surface area (Å²) in [6.07, 6.45) is 6.33. The van der Waals surface area contributed by atoms with Crippen LogP contribution in [0.5, 0.6) is 5.75 Å². The molecule has 2 rings (SSSR count). The normalized spacial score (nSPS) is 12.5. The molecule has 1 heterocycles. The van der Waals surface area contributed by atoms with Crippen molar-refractivity contribution >= 4 is 0 Å². The molecule has 1 aromatic carbocycles. The average Bonchev–Trinajstić information content (AvgIpc) is 3.01. The van der Waals surface area contributed by atoms with Gasteiger partial charge in [0.2, 0.25) is 12.3 Å². The molecule has 1 unspecified atom stereocenters. The molecular formula is C18H26N2O2. The fourth-order valence-electron chi connectivity index (χ4n) is 2.41. The van der Waals surface area contributed by atoms with E-state index in [4.69, 9.17) is 9.15 Å². The molecule has 4 heteroatoms. The van der Waals surface area contributed by atoms with Gasteiger partial charge in [0.1, 0.15) is 5.75 Å². The summed E-state index contributed by atoms with van der Waals surface area (Å²) in [5, 5.41) is 7.61. The maximum absolute atomic E-state index is 5.85. The summed E-state index contributed by atoms with van der Waals surface area (Å²) in [6, 6.07) is 7.79. The number of ether oxygens (including phenoxy) is 1. The van der Waals surface area contributed by atoms with Crippen molar-refractivity contribution in [3.63, 3.8) is 0 Å². The molecule has 0 N–H and O–H groups in total. The van der Waals surface area contributed by atoms with Gasteiger partial charge in [-0.2, -0.15) is 0 Å². The molecule has 0 amide bonds. The Balaban J connectivity index is 1.74. The van der Waals surface area contributed by atoms with E-state index < -0.39 is 0 Å². The minimum absolute atomic E-state index is 0.521. The van der Waals surface area contributed by atoms with Gasteiger partial charge in [-0.05, 0) is 36.5 Å². The lowest BCUT2D eigenvalue weighted by Crippen LogP contribution is -2.05. The van der Waals surface area contributed by atoms with Gasteiger partial charge in [0.25, 0.3) is 0 Å². The summed E-state index contributed by atoms with van der Waals surface area (Å²) in [7, 11) is 0. The van der Waals surface area contributed by atoms with E-state index in [2.05, 4.69) is 31.0 Å². The second-order valence-electron chi connectivity index (χ2n) is 6.34.